The summed E-state index contributed by atoms with van der Waals surface area (Å²) in [5.41, 5.74) is 0. The number of hydrogen-bond donors (Lipinski definition) is 3. The zero-order valence-electron chi connectivity index (χ0n) is 17.7. The Labute approximate surface area is 162 Å². The summed E-state index contributed by atoms with van der Waals surface area (Å²) in [5, 5.41) is 15.1. The first kappa shape index (κ1) is 25.4. The van der Waals surface area contributed by atoms with E-state index in [1.807, 2.05) is 0 Å². The van der Waals surface area contributed by atoms with Crippen molar-refractivity contribution in [2.45, 2.75) is 123 Å². The molecule has 0 heterocycles. The molecule has 0 aromatic heterocycles. The molecule has 0 aliphatic rings. The van der Waals surface area contributed by atoms with Crippen molar-refractivity contribution < 1.29 is 9.90 Å². The molecule has 0 aromatic rings. The fourth-order valence-corrected chi connectivity index (χ4v) is 3.22. The summed E-state index contributed by atoms with van der Waals surface area (Å²) in [6.07, 6.45) is 19.6. The molecule has 3 N–H and O–H groups in total. The maximum absolute atomic E-state index is 11.9. The fourth-order valence-electron chi connectivity index (χ4n) is 3.22. The van der Waals surface area contributed by atoms with Crippen molar-refractivity contribution in [1.82, 2.24) is 10.6 Å². The van der Waals surface area contributed by atoms with Gasteiger partial charge in [-0.05, 0) is 25.8 Å². The van der Waals surface area contributed by atoms with Gasteiger partial charge in [-0.2, -0.15) is 0 Å². The first-order valence-electron chi connectivity index (χ1n) is 11.4. The van der Waals surface area contributed by atoms with Gasteiger partial charge in [0, 0.05) is 13.0 Å². The Balaban J connectivity index is 3.34. The van der Waals surface area contributed by atoms with Crippen LogP contribution in [0.15, 0.2) is 0 Å². The number of carbonyl (C=O) groups excluding carboxylic acids is 1. The highest BCUT2D eigenvalue weighted by Gasteiger charge is 2.08. The molecule has 0 rings (SSSR count). The highest BCUT2D eigenvalue weighted by atomic mass is 16.3. The Hall–Kier alpha value is -0.610. The predicted octanol–water partition coefficient (Wildman–Crippen LogP) is 5.29. The van der Waals surface area contributed by atoms with Gasteiger partial charge in [0.2, 0.25) is 5.91 Å². The van der Waals surface area contributed by atoms with Gasteiger partial charge >= 0.3 is 0 Å². The van der Waals surface area contributed by atoms with Crippen molar-refractivity contribution in [3.05, 3.63) is 0 Å². The van der Waals surface area contributed by atoms with Gasteiger partial charge < -0.3 is 10.4 Å². The second-order valence-corrected chi connectivity index (χ2v) is 7.55. The minimum absolute atomic E-state index is 0.0380. The van der Waals surface area contributed by atoms with Gasteiger partial charge in [0.15, 0.2) is 0 Å². The molecule has 156 valence electrons. The van der Waals surface area contributed by atoms with Crippen molar-refractivity contribution in [2.75, 3.05) is 13.2 Å². The average molecular weight is 371 g/mol. The van der Waals surface area contributed by atoms with E-state index in [4.69, 9.17) is 5.11 Å². The molecule has 1 unspecified atom stereocenters. The number of aliphatic hydroxyl groups excluding tert-OH is 1. The third-order valence-electron chi connectivity index (χ3n) is 4.98. The first-order valence-corrected chi connectivity index (χ1v) is 11.4. The molecular formula is C22H46N2O2. The van der Waals surface area contributed by atoms with E-state index < -0.39 is 0 Å². The minimum Gasteiger partial charge on any atom is -0.396 e. The standard InChI is InChI=1S/C22H46N2O2/c1-3-5-6-7-8-9-10-11-12-13-14-15-16-18-22(26)24-21(4-2)23-19-17-20-25/h21,23,25H,3-20H2,1-2H3,(H,24,26). The van der Waals surface area contributed by atoms with E-state index in [1.54, 1.807) is 0 Å². The van der Waals surface area contributed by atoms with E-state index in [9.17, 15) is 4.79 Å². The van der Waals surface area contributed by atoms with Crippen LogP contribution in [-0.2, 0) is 4.79 Å². The Morgan fingerprint density at radius 2 is 1.27 bits per heavy atom. The van der Waals surface area contributed by atoms with Crippen molar-refractivity contribution in [3.63, 3.8) is 0 Å². The molecule has 0 fully saturated rings. The van der Waals surface area contributed by atoms with Gasteiger partial charge in [0.05, 0.1) is 6.17 Å². The van der Waals surface area contributed by atoms with Crippen LogP contribution >= 0.6 is 0 Å². The molecule has 0 spiro atoms. The van der Waals surface area contributed by atoms with Crippen LogP contribution in [0.5, 0.6) is 0 Å². The zero-order chi connectivity index (χ0) is 19.3. The van der Waals surface area contributed by atoms with E-state index in [2.05, 4.69) is 24.5 Å². The van der Waals surface area contributed by atoms with Crippen LogP contribution in [0, 0.1) is 0 Å². The second-order valence-electron chi connectivity index (χ2n) is 7.55. The SMILES string of the molecule is CCCCCCCCCCCCCCCC(=O)NC(CC)NCCCO. The summed E-state index contributed by atoms with van der Waals surface area (Å²) in [5.74, 6) is 0.149. The number of unbranched alkanes of at least 4 members (excludes halogenated alkanes) is 12. The lowest BCUT2D eigenvalue weighted by atomic mass is 10.0. The fraction of sp³-hybridized carbons (Fsp3) is 0.955. The van der Waals surface area contributed by atoms with Crippen LogP contribution in [0.1, 0.15) is 117 Å². The Morgan fingerprint density at radius 1 is 0.769 bits per heavy atom. The lowest BCUT2D eigenvalue weighted by Gasteiger charge is -2.18. The van der Waals surface area contributed by atoms with Crippen molar-refractivity contribution in [1.29, 1.82) is 0 Å². The van der Waals surface area contributed by atoms with Crippen LogP contribution in [0.3, 0.4) is 0 Å². The van der Waals surface area contributed by atoms with Gasteiger partial charge in [-0.3, -0.25) is 10.1 Å². The lowest BCUT2D eigenvalue weighted by molar-refractivity contribution is -0.122. The molecule has 1 amide bonds. The third kappa shape index (κ3) is 18.2. The monoisotopic (exact) mass is 370 g/mol. The minimum atomic E-state index is 0.0380. The highest BCUT2D eigenvalue weighted by Crippen LogP contribution is 2.12. The zero-order valence-corrected chi connectivity index (χ0v) is 17.7. The van der Waals surface area contributed by atoms with Crippen LogP contribution in [0.4, 0.5) is 0 Å². The molecule has 4 heteroatoms. The maximum atomic E-state index is 11.9. The summed E-state index contributed by atoms with van der Waals surface area (Å²) in [6.45, 7) is 5.26. The Morgan fingerprint density at radius 3 is 1.73 bits per heavy atom. The summed E-state index contributed by atoms with van der Waals surface area (Å²) in [6, 6.07) is 0. The van der Waals surface area contributed by atoms with Crippen LogP contribution in [-0.4, -0.2) is 30.3 Å². The van der Waals surface area contributed by atoms with E-state index in [0.717, 1.165) is 25.8 Å². The molecule has 0 aromatic carbocycles. The Bertz CT molecular complexity index is 298. The number of rotatable bonds is 20. The largest absolute Gasteiger partial charge is 0.396 e. The number of hydrogen-bond acceptors (Lipinski definition) is 3. The van der Waals surface area contributed by atoms with Crippen LogP contribution in [0.25, 0.3) is 0 Å². The number of carbonyl (C=O) groups is 1. The quantitative estimate of drug-likeness (QED) is 0.201. The number of amides is 1. The topological polar surface area (TPSA) is 61.4 Å². The van der Waals surface area contributed by atoms with E-state index >= 15 is 0 Å². The molecule has 1 atom stereocenters. The second kappa shape index (κ2) is 20.7. The molecule has 0 aliphatic heterocycles. The molecule has 0 bridgehead atoms. The Kier molecular flexibility index (Phi) is 20.2. The van der Waals surface area contributed by atoms with Crippen molar-refractivity contribution >= 4 is 5.91 Å². The molecule has 4 nitrogen and oxygen atoms in total. The van der Waals surface area contributed by atoms with Crippen LogP contribution < -0.4 is 10.6 Å². The molecule has 0 saturated heterocycles. The summed E-state index contributed by atoms with van der Waals surface area (Å²) < 4.78 is 0. The van der Waals surface area contributed by atoms with Crippen molar-refractivity contribution in [3.8, 4) is 0 Å². The van der Waals surface area contributed by atoms with Gasteiger partial charge in [-0.25, -0.2) is 0 Å². The lowest BCUT2D eigenvalue weighted by Crippen LogP contribution is -2.45. The van der Waals surface area contributed by atoms with E-state index in [0.29, 0.717) is 6.42 Å². The van der Waals surface area contributed by atoms with Crippen LogP contribution in [0.2, 0.25) is 0 Å². The molecule has 0 saturated carbocycles. The average Bonchev–Trinajstić information content (AvgIpc) is 2.64. The smallest absolute Gasteiger partial charge is 0.221 e. The first-order chi connectivity index (χ1) is 12.7. The van der Waals surface area contributed by atoms with E-state index in [1.165, 1.54) is 77.0 Å². The van der Waals surface area contributed by atoms with E-state index in [-0.39, 0.29) is 18.7 Å². The van der Waals surface area contributed by atoms with Crippen molar-refractivity contribution in [2.24, 2.45) is 0 Å². The molecule has 26 heavy (non-hydrogen) atoms. The van der Waals surface area contributed by atoms with Gasteiger partial charge in [0.1, 0.15) is 0 Å². The van der Waals surface area contributed by atoms with Gasteiger partial charge in [0.25, 0.3) is 0 Å². The normalized spacial score (nSPS) is 12.3. The number of aliphatic hydroxyl groups is 1. The van der Waals surface area contributed by atoms with Gasteiger partial charge in [-0.15, -0.1) is 0 Å². The molecule has 0 aliphatic carbocycles. The summed E-state index contributed by atoms with van der Waals surface area (Å²) in [4.78, 5) is 11.9. The summed E-state index contributed by atoms with van der Waals surface area (Å²) >= 11 is 0. The molecular weight excluding hydrogens is 324 g/mol. The van der Waals surface area contributed by atoms with Gasteiger partial charge in [-0.1, -0.05) is 90.9 Å². The summed E-state index contributed by atoms with van der Waals surface area (Å²) in [7, 11) is 0. The predicted molar refractivity (Wildman–Crippen MR) is 112 cm³/mol. The maximum Gasteiger partial charge on any atom is 0.221 e. The third-order valence-corrected chi connectivity index (χ3v) is 4.98. The molecule has 0 radical (unpaired) electrons. The highest BCUT2D eigenvalue weighted by molar-refractivity contribution is 5.76. The number of nitrogens with one attached hydrogen (secondary N) is 2.